The van der Waals surface area contributed by atoms with Crippen molar-refractivity contribution in [2.75, 3.05) is 7.11 Å². The highest BCUT2D eigenvalue weighted by molar-refractivity contribution is 9.10. The van der Waals surface area contributed by atoms with Crippen LogP contribution in [0, 0.1) is 6.92 Å². The maximum Gasteiger partial charge on any atom is 0.193 e. The maximum absolute atomic E-state index is 12.5. The van der Waals surface area contributed by atoms with Gasteiger partial charge in [0, 0.05) is 15.6 Å². The normalized spacial score (nSPS) is 10.3. The average Bonchev–Trinajstić information content (AvgIpc) is 2.38. The van der Waals surface area contributed by atoms with E-state index in [9.17, 15) is 4.79 Å². The van der Waals surface area contributed by atoms with Gasteiger partial charge < -0.3 is 4.74 Å². The monoisotopic (exact) mass is 382 g/mol. The minimum absolute atomic E-state index is 0.00773. The van der Waals surface area contributed by atoms with E-state index in [0.29, 0.717) is 16.9 Å². The highest BCUT2D eigenvalue weighted by Gasteiger charge is 2.13. The molecule has 2 aromatic carbocycles. The molecule has 0 N–H and O–H groups in total. The Balaban J connectivity index is 2.41. The molecule has 0 fully saturated rings. The molecule has 0 atom stereocenters. The van der Waals surface area contributed by atoms with Crippen molar-refractivity contribution in [3.63, 3.8) is 0 Å². The van der Waals surface area contributed by atoms with Crippen LogP contribution in [0.4, 0.5) is 0 Å². The number of aryl methyl sites for hydroxylation is 1. The van der Waals surface area contributed by atoms with Crippen LogP contribution in [-0.4, -0.2) is 12.9 Å². The second-order valence-corrected chi connectivity index (χ2v) is 5.91. The van der Waals surface area contributed by atoms with Gasteiger partial charge in [-0.15, -0.1) is 0 Å². The maximum atomic E-state index is 12.5. The van der Waals surface area contributed by atoms with Gasteiger partial charge in [0.1, 0.15) is 5.75 Å². The number of carbonyl (C=O) groups is 1. The summed E-state index contributed by atoms with van der Waals surface area (Å²) in [4.78, 5) is 12.5. The van der Waals surface area contributed by atoms with Gasteiger partial charge in [-0.05, 0) is 64.8 Å². The number of methoxy groups -OCH3 is 1. The van der Waals surface area contributed by atoms with Crippen molar-refractivity contribution in [3.8, 4) is 5.75 Å². The Bertz CT molecular complexity index is 636. The van der Waals surface area contributed by atoms with Crippen LogP contribution in [0.2, 0.25) is 0 Å². The van der Waals surface area contributed by atoms with E-state index in [1.807, 2.05) is 25.1 Å². The first-order chi connectivity index (χ1) is 9.02. The molecular formula is C15H12Br2O2. The first-order valence-electron chi connectivity index (χ1n) is 5.67. The Kier molecular flexibility index (Phi) is 4.42. The van der Waals surface area contributed by atoms with Crippen molar-refractivity contribution in [1.29, 1.82) is 0 Å². The molecule has 0 heterocycles. The van der Waals surface area contributed by atoms with Crippen molar-refractivity contribution in [3.05, 3.63) is 62.0 Å². The quantitative estimate of drug-likeness (QED) is 0.714. The van der Waals surface area contributed by atoms with Crippen LogP contribution in [0.25, 0.3) is 0 Å². The summed E-state index contributed by atoms with van der Waals surface area (Å²) in [5.74, 6) is 0.720. The lowest BCUT2D eigenvalue weighted by atomic mass is 9.99. The van der Waals surface area contributed by atoms with Gasteiger partial charge in [-0.2, -0.15) is 0 Å². The minimum atomic E-state index is 0.00773. The Morgan fingerprint density at radius 2 is 1.84 bits per heavy atom. The Morgan fingerprint density at radius 3 is 2.42 bits per heavy atom. The van der Waals surface area contributed by atoms with E-state index in [4.69, 9.17) is 4.74 Å². The zero-order valence-electron chi connectivity index (χ0n) is 10.5. The van der Waals surface area contributed by atoms with Crippen molar-refractivity contribution >= 4 is 37.6 Å². The predicted molar refractivity (Wildman–Crippen MR) is 83.0 cm³/mol. The van der Waals surface area contributed by atoms with E-state index in [1.165, 1.54) is 0 Å². The van der Waals surface area contributed by atoms with E-state index in [2.05, 4.69) is 31.9 Å². The van der Waals surface area contributed by atoms with Crippen LogP contribution in [0.5, 0.6) is 5.75 Å². The Morgan fingerprint density at radius 1 is 1.11 bits per heavy atom. The fourth-order valence-electron chi connectivity index (χ4n) is 1.84. The fraction of sp³-hybridized carbons (Fsp3) is 0.133. The molecule has 0 saturated carbocycles. The molecule has 2 nitrogen and oxygen atoms in total. The first-order valence-corrected chi connectivity index (χ1v) is 7.26. The van der Waals surface area contributed by atoms with Crippen LogP contribution in [0.3, 0.4) is 0 Å². The molecule has 0 aromatic heterocycles. The van der Waals surface area contributed by atoms with Crippen molar-refractivity contribution in [1.82, 2.24) is 0 Å². The van der Waals surface area contributed by atoms with Gasteiger partial charge in [-0.1, -0.05) is 15.9 Å². The van der Waals surface area contributed by atoms with Gasteiger partial charge in [0.05, 0.1) is 11.6 Å². The summed E-state index contributed by atoms with van der Waals surface area (Å²) in [6.45, 7) is 1.93. The van der Waals surface area contributed by atoms with Gasteiger partial charge in [-0.25, -0.2) is 0 Å². The lowest BCUT2D eigenvalue weighted by Gasteiger charge is -2.08. The summed E-state index contributed by atoms with van der Waals surface area (Å²) in [7, 11) is 1.60. The minimum Gasteiger partial charge on any atom is -0.496 e. The third-order valence-corrected chi connectivity index (χ3v) is 3.96. The molecule has 0 aliphatic carbocycles. The summed E-state index contributed by atoms with van der Waals surface area (Å²) in [5, 5.41) is 0. The summed E-state index contributed by atoms with van der Waals surface area (Å²) in [5.41, 5.74) is 2.30. The number of ether oxygens (including phenoxy) is 1. The lowest BCUT2D eigenvalue weighted by molar-refractivity contribution is 0.103. The van der Waals surface area contributed by atoms with Gasteiger partial charge in [0.25, 0.3) is 0 Å². The topological polar surface area (TPSA) is 26.3 Å². The van der Waals surface area contributed by atoms with Crippen molar-refractivity contribution in [2.24, 2.45) is 0 Å². The Labute approximate surface area is 129 Å². The van der Waals surface area contributed by atoms with E-state index in [1.54, 1.807) is 25.3 Å². The third kappa shape index (κ3) is 3.07. The molecule has 0 aliphatic heterocycles. The van der Waals surface area contributed by atoms with Gasteiger partial charge in [0.15, 0.2) is 5.78 Å². The number of hydrogen-bond acceptors (Lipinski definition) is 2. The smallest absolute Gasteiger partial charge is 0.193 e. The van der Waals surface area contributed by atoms with Crippen LogP contribution in [0.1, 0.15) is 21.5 Å². The first kappa shape index (κ1) is 14.3. The third-order valence-electron chi connectivity index (χ3n) is 2.85. The number of hydrogen-bond donors (Lipinski definition) is 0. The molecule has 0 aliphatic rings. The van der Waals surface area contributed by atoms with Gasteiger partial charge >= 0.3 is 0 Å². The highest BCUT2D eigenvalue weighted by atomic mass is 79.9. The van der Waals surface area contributed by atoms with Crippen LogP contribution in [0.15, 0.2) is 45.3 Å². The number of benzene rings is 2. The molecule has 0 bridgehead atoms. The molecule has 0 unspecified atom stereocenters. The largest absolute Gasteiger partial charge is 0.496 e. The fourth-order valence-corrected chi connectivity index (χ4v) is 2.86. The lowest BCUT2D eigenvalue weighted by Crippen LogP contribution is -2.04. The zero-order chi connectivity index (χ0) is 14.0. The average molecular weight is 384 g/mol. The molecule has 0 saturated heterocycles. The highest BCUT2D eigenvalue weighted by Crippen LogP contribution is 2.27. The number of carbonyl (C=O) groups excluding carboxylic acids is 1. The zero-order valence-corrected chi connectivity index (χ0v) is 13.7. The molecule has 0 spiro atoms. The second-order valence-electron chi connectivity index (χ2n) is 4.14. The number of rotatable bonds is 3. The number of ketones is 1. The standard InChI is InChI=1S/C15H12Br2O2/c1-9-7-11(16)4-5-12(9)15(18)10-3-6-14(19-2)13(17)8-10/h3-8H,1-2H3. The molecule has 4 heteroatoms. The molecule has 0 radical (unpaired) electrons. The van der Waals surface area contributed by atoms with E-state index < -0.39 is 0 Å². The number of halogens is 2. The summed E-state index contributed by atoms with van der Waals surface area (Å²) < 4.78 is 6.90. The Hall–Kier alpha value is -1.13. The van der Waals surface area contributed by atoms with Crippen LogP contribution in [-0.2, 0) is 0 Å². The molecule has 2 aromatic rings. The van der Waals surface area contributed by atoms with E-state index >= 15 is 0 Å². The molecule has 19 heavy (non-hydrogen) atoms. The SMILES string of the molecule is COc1ccc(C(=O)c2ccc(Br)cc2C)cc1Br. The van der Waals surface area contributed by atoms with Crippen molar-refractivity contribution < 1.29 is 9.53 Å². The molecule has 2 rings (SSSR count). The molecule has 98 valence electrons. The van der Waals surface area contributed by atoms with Gasteiger partial charge in [-0.3, -0.25) is 4.79 Å². The summed E-state index contributed by atoms with van der Waals surface area (Å²) in [6, 6.07) is 11.0. The second kappa shape index (κ2) is 5.88. The van der Waals surface area contributed by atoms with E-state index in [0.717, 1.165) is 14.5 Å². The predicted octanol–water partition coefficient (Wildman–Crippen LogP) is 4.76. The van der Waals surface area contributed by atoms with E-state index in [-0.39, 0.29) is 5.78 Å². The van der Waals surface area contributed by atoms with Crippen LogP contribution < -0.4 is 4.74 Å². The molecular weight excluding hydrogens is 372 g/mol. The molecule has 0 amide bonds. The summed E-state index contributed by atoms with van der Waals surface area (Å²) in [6.07, 6.45) is 0. The van der Waals surface area contributed by atoms with Crippen molar-refractivity contribution in [2.45, 2.75) is 6.92 Å². The van der Waals surface area contributed by atoms with Gasteiger partial charge in [0.2, 0.25) is 0 Å². The summed E-state index contributed by atoms with van der Waals surface area (Å²) >= 11 is 6.79. The van der Waals surface area contributed by atoms with Crippen LogP contribution >= 0.6 is 31.9 Å².